The molecule has 4 nitrogen and oxygen atoms in total. The summed E-state index contributed by atoms with van der Waals surface area (Å²) in [5.74, 6) is -2.73. The molecule has 0 saturated carbocycles. The number of aliphatic carboxylic acids is 2. The maximum atomic E-state index is 9.50. The summed E-state index contributed by atoms with van der Waals surface area (Å²) in [6.45, 7) is 0. The van der Waals surface area contributed by atoms with Crippen molar-refractivity contribution in [3.05, 3.63) is 0 Å². The molecule has 0 fully saturated rings. The number of hydrogen-bond donors (Lipinski definition) is 0. The molecule has 0 aromatic heterocycles. The fraction of sp³-hybridized carbons (Fsp3) is 0.500. The Morgan fingerprint density at radius 1 is 1.00 bits per heavy atom. The third-order valence-electron chi connectivity index (χ3n) is 0.533. The molecular formula is C4H6O4Sn. The van der Waals surface area contributed by atoms with Gasteiger partial charge in [-0.05, 0) is 12.8 Å². The first-order valence-corrected chi connectivity index (χ1v) is 2.02. The Morgan fingerprint density at radius 2 is 1.22 bits per heavy atom. The van der Waals surface area contributed by atoms with Crippen LogP contribution in [-0.4, -0.2) is 35.8 Å². The molecule has 9 heavy (non-hydrogen) atoms. The van der Waals surface area contributed by atoms with E-state index in [-0.39, 0.29) is 23.9 Å². The number of carboxylic acid groups (broad SMARTS) is 2. The zero-order chi connectivity index (χ0) is 6.57. The second kappa shape index (κ2) is 5.87. The second-order valence-corrected chi connectivity index (χ2v) is 1.24. The van der Waals surface area contributed by atoms with Crippen molar-refractivity contribution in [2.45, 2.75) is 12.8 Å². The molecule has 0 amide bonds. The zero-order valence-corrected chi connectivity index (χ0v) is 8.79. The van der Waals surface area contributed by atoms with Crippen LogP contribution in [0.15, 0.2) is 0 Å². The molecule has 0 atom stereocenters. The molecular weight excluding hydrogens is 231 g/mol. The predicted octanol–water partition coefficient (Wildman–Crippen LogP) is -3.65. The van der Waals surface area contributed by atoms with Crippen molar-refractivity contribution in [3.8, 4) is 0 Å². The van der Waals surface area contributed by atoms with Crippen molar-refractivity contribution in [2.24, 2.45) is 0 Å². The number of hydrogen-bond acceptors (Lipinski definition) is 4. The molecule has 0 saturated heterocycles. The SMILES string of the molecule is O=C([O-])CCC(=O)[O-].[SnH2+2]. The molecule has 0 aromatic carbocycles. The molecule has 0 radical (unpaired) electrons. The van der Waals surface area contributed by atoms with Crippen LogP contribution in [-0.2, 0) is 9.59 Å². The molecule has 0 rings (SSSR count). The van der Waals surface area contributed by atoms with E-state index >= 15 is 0 Å². The van der Waals surface area contributed by atoms with E-state index in [0.29, 0.717) is 0 Å². The van der Waals surface area contributed by atoms with Crippen molar-refractivity contribution >= 4 is 35.8 Å². The van der Waals surface area contributed by atoms with Crippen LogP contribution >= 0.6 is 0 Å². The van der Waals surface area contributed by atoms with Gasteiger partial charge in [0.25, 0.3) is 0 Å². The molecule has 0 bridgehead atoms. The normalized spacial score (nSPS) is 7.56. The first kappa shape index (κ1) is 11.5. The van der Waals surface area contributed by atoms with Gasteiger partial charge >= 0.3 is 23.9 Å². The molecule has 0 unspecified atom stereocenters. The van der Waals surface area contributed by atoms with Gasteiger partial charge in [0.2, 0.25) is 0 Å². The van der Waals surface area contributed by atoms with Crippen molar-refractivity contribution in [3.63, 3.8) is 0 Å². The summed E-state index contributed by atoms with van der Waals surface area (Å²) in [5, 5.41) is 19.0. The Kier molecular flexibility index (Phi) is 7.51. The molecule has 5 heteroatoms. The molecule has 0 spiro atoms. The summed E-state index contributed by atoms with van der Waals surface area (Å²) in [5.41, 5.74) is 0. The molecule has 0 aliphatic rings. The van der Waals surface area contributed by atoms with Crippen LogP contribution in [0.3, 0.4) is 0 Å². The molecule has 0 aliphatic heterocycles. The molecule has 0 aromatic rings. The molecule has 0 heterocycles. The van der Waals surface area contributed by atoms with E-state index < -0.39 is 24.8 Å². The second-order valence-electron chi connectivity index (χ2n) is 1.24. The summed E-state index contributed by atoms with van der Waals surface area (Å²) >= 11 is 0. The number of rotatable bonds is 3. The van der Waals surface area contributed by atoms with Crippen LogP contribution in [0.2, 0.25) is 0 Å². The van der Waals surface area contributed by atoms with E-state index in [9.17, 15) is 19.8 Å². The molecule has 50 valence electrons. The zero-order valence-electron chi connectivity index (χ0n) is 4.75. The van der Waals surface area contributed by atoms with E-state index in [2.05, 4.69) is 0 Å². The fourth-order valence-electron chi connectivity index (χ4n) is 0.204. The third kappa shape index (κ3) is 11.3. The Morgan fingerprint density at radius 3 is 1.33 bits per heavy atom. The minimum atomic E-state index is -1.37. The molecule has 0 aliphatic carbocycles. The maximum absolute atomic E-state index is 9.50. The van der Waals surface area contributed by atoms with Gasteiger partial charge in [0.1, 0.15) is 0 Å². The Labute approximate surface area is 68.8 Å². The van der Waals surface area contributed by atoms with E-state index in [0.717, 1.165) is 0 Å². The van der Waals surface area contributed by atoms with Gasteiger partial charge in [-0.25, -0.2) is 0 Å². The summed E-state index contributed by atoms with van der Waals surface area (Å²) in [6.07, 6.45) is -0.940. The van der Waals surface area contributed by atoms with Crippen molar-refractivity contribution in [1.82, 2.24) is 0 Å². The van der Waals surface area contributed by atoms with Crippen molar-refractivity contribution in [2.75, 3.05) is 0 Å². The first-order chi connectivity index (χ1) is 3.63. The van der Waals surface area contributed by atoms with Gasteiger partial charge in [-0.15, -0.1) is 0 Å². The van der Waals surface area contributed by atoms with E-state index in [1.54, 1.807) is 0 Å². The number of carbonyl (C=O) groups excluding carboxylic acids is 2. The van der Waals surface area contributed by atoms with Gasteiger partial charge in [0.15, 0.2) is 0 Å². The first-order valence-electron chi connectivity index (χ1n) is 2.02. The van der Waals surface area contributed by atoms with Crippen molar-refractivity contribution < 1.29 is 19.8 Å². The summed E-state index contributed by atoms with van der Waals surface area (Å²) < 4.78 is 0. The quantitative estimate of drug-likeness (QED) is 0.474. The van der Waals surface area contributed by atoms with E-state index in [1.807, 2.05) is 0 Å². The van der Waals surface area contributed by atoms with Crippen molar-refractivity contribution in [1.29, 1.82) is 0 Å². The topological polar surface area (TPSA) is 80.3 Å². The van der Waals surface area contributed by atoms with Gasteiger partial charge < -0.3 is 19.8 Å². The number of carbonyl (C=O) groups is 2. The van der Waals surface area contributed by atoms with Gasteiger partial charge in [-0.2, -0.15) is 0 Å². The Bertz CT molecular complexity index is 97.1. The van der Waals surface area contributed by atoms with Gasteiger partial charge in [-0.1, -0.05) is 0 Å². The average molecular weight is 237 g/mol. The van der Waals surface area contributed by atoms with Gasteiger partial charge in [0.05, 0.1) is 0 Å². The van der Waals surface area contributed by atoms with Crippen LogP contribution in [0, 0.1) is 0 Å². The average Bonchev–Trinajstić information content (AvgIpc) is 1.61. The number of carboxylic acids is 2. The van der Waals surface area contributed by atoms with Crippen LogP contribution in [0.4, 0.5) is 0 Å². The third-order valence-corrected chi connectivity index (χ3v) is 0.533. The Balaban J connectivity index is 0. The van der Waals surface area contributed by atoms with Crippen LogP contribution in [0.25, 0.3) is 0 Å². The van der Waals surface area contributed by atoms with Crippen LogP contribution in [0.5, 0.6) is 0 Å². The van der Waals surface area contributed by atoms with Crippen LogP contribution in [0.1, 0.15) is 12.8 Å². The minimum absolute atomic E-state index is 0. The van der Waals surface area contributed by atoms with Gasteiger partial charge in [-0.3, -0.25) is 0 Å². The summed E-state index contributed by atoms with van der Waals surface area (Å²) in [6, 6.07) is 0. The standard InChI is InChI=1S/C4H6O4.Sn.2H/c5-3(6)1-2-4(7)8;;;/h1-2H2,(H,5,6)(H,7,8);;;/q;+2;;/p-2. The van der Waals surface area contributed by atoms with Crippen LogP contribution < -0.4 is 10.2 Å². The summed E-state index contributed by atoms with van der Waals surface area (Å²) in [7, 11) is 0. The van der Waals surface area contributed by atoms with E-state index in [4.69, 9.17) is 0 Å². The fourth-order valence-corrected chi connectivity index (χ4v) is 0.204. The Hall–Kier alpha value is -0.261. The van der Waals surface area contributed by atoms with Gasteiger partial charge in [0, 0.05) is 11.9 Å². The van der Waals surface area contributed by atoms with E-state index in [1.165, 1.54) is 0 Å². The molecule has 0 N–H and O–H groups in total. The monoisotopic (exact) mass is 238 g/mol. The predicted molar refractivity (Wildman–Crippen MR) is 27.8 cm³/mol. The summed E-state index contributed by atoms with van der Waals surface area (Å²) in [4.78, 5) is 19.0.